The number of carbonyl (C=O) groups is 2. The monoisotopic (exact) mass is 296 g/mol. The minimum absolute atomic E-state index is 0.183. The second-order valence-corrected chi connectivity index (χ2v) is 5.20. The van der Waals surface area contributed by atoms with E-state index in [1.165, 1.54) is 6.92 Å². The number of carboxylic acids is 1. The minimum atomic E-state index is -1.33. The number of amides is 1. The van der Waals surface area contributed by atoms with E-state index in [1.54, 1.807) is 13.0 Å². The number of fused-ring (bicyclic) bond motifs is 3. The van der Waals surface area contributed by atoms with Crippen LogP contribution in [0.2, 0.25) is 0 Å². The second kappa shape index (κ2) is 5.14. The van der Waals surface area contributed by atoms with Crippen molar-refractivity contribution in [2.45, 2.75) is 19.9 Å². The maximum Gasteiger partial charge on any atom is 0.270 e. The lowest BCUT2D eigenvalue weighted by molar-refractivity contribution is -0.307. The molecular formula is C16H14N3O3-. The number of carboxylic acid groups (broad SMARTS) is 1. The van der Waals surface area contributed by atoms with E-state index in [2.05, 4.69) is 15.3 Å². The van der Waals surface area contributed by atoms with Crippen LogP contribution in [0, 0.1) is 6.92 Å². The van der Waals surface area contributed by atoms with Crippen molar-refractivity contribution in [3.05, 3.63) is 41.7 Å². The molecule has 0 saturated heterocycles. The van der Waals surface area contributed by atoms with Crippen molar-refractivity contribution in [3.63, 3.8) is 0 Å². The number of carbonyl (C=O) groups excluding carboxylic acids is 2. The number of hydrogen-bond acceptors (Lipinski definition) is 4. The maximum absolute atomic E-state index is 12.1. The molecule has 0 spiro atoms. The molecule has 1 amide bonds. The van der Waals surface area contributed by atoms with Crippen molar-refractivity contribution < 1.29 is 14.7 Å². The third kappa shape index (κ3) is 2.28. The van der Waals surface area contributed by atoms with Crippen LogP contribution in [0.3, 0.4) is 0 Å². The maximum atomic E-state index is 12.1. The second-order valence-electron chi connectivity index (χ2n) is 5.20. The molecule has 22 heavy (non-hydrogen) atoms. The Hall–Kier alpha value is -2.89. The molecule has 6 nitrogen and oxygen atoms in total. The third-order valence-corrected chi connectivity index (χ3v) is 3.61. The van der Waals surface area contributed by atoms with Crippen LogP contribution >= 0.6 is 0 Å². The van der Waals surface area contributed by atoms with Gasteiger partial charge < -0.3 is 20.2 Å². The highest BCUT2D eigenvalue weighted by molar-refractivity contribution is 6.10. The number of aromatic amines is 1. The molecule has 0 aliphatic rings. The molecule has 6 heteroatoms. The summed E-state index contributed by atoms with van der Waals surface area (Å²) in [7, 11) is 0. The average Bonchev–Trinajstić information content (AvgIpc) is 2.86. The summed E-state index contributed by atoms with van der Waals surface area (Å²) >= 11 is 0. The van der Waals surface area contributed by atoms with Gasteiger partial charge in [-0.2, -0.15) is 0 Å². The SMILES string of the molecule is Cc1nc(C(=O)N[C@@H](C)C(=O)[O-])cc2c1[nH]c1ccccc12. The molecule has 0 saturated carbocycles. The van der Waals surface area contributed by atoms with Gasteiger partial charge in [-0.15, -0.1) is 0 Å². The van der Waals surface area contributed by atoms with Gasteiger partial charge in [-0.3, -0.25) is 4.79 Å². The Morgan fingerprint density at radius 1 is 1.27 bits per heavy atom. The molecule has 2 aromatic heterocycles. The van der Waals surface area contributed by atoms with Crippen molar-refractivity contribution in [1.82, 2.24) is 15.3 Å². The molecule has 0 bridgehead atoms. The van der Waals surface area contributed by atoms with Crippen LogP contribution in [0.15, 0.2) is 30.3 Å². The van der Waals surface area contributed by atoms with E-state index in [0.717, 1.165) is 21.8 Å². The van der Waals surface area contributed by atoms with Gasteiger partial charge in [-0.25, -0.2) is 4.98 Å². The topological polar surface area (TPSA) is 97.9 Å². The van der Waals surface area contributed by atoms with Gasteiger partial charge in [0, 0.05) is 16.3 Å². The number of para-hydroxylation sites is 1. The molecule has 3 rings (SSSR count). The number of aliphatic carboxylic acids is 1. The van der Waals surface area contributed by atoms with Crippen LogP contribution in [0.25, 0.3) is 21.8 Å². The Bertz CT molecular complexity index is 898. The van der Waals surface area contributed by atoms with E-state index in [9.17, 15) is 14.7 Å². The van der Waals surface area contributed by atoms with Gasteiger partial charge in [0.05, 0.1) is 23.2 Å². The van der Waals surface area contributed by atoms with Crippen LogP contribution < -0.4 is 10.4 Å². The first kappa shape index (κ1) is 14.1. The number of nitrogens with one attached hydrogen (secondary N) is 2. The van der Waals surface area contributed by atoms with Gasteiger partial charge in [0.15, 0.2) is 0 Å². The summed E-state index contributed by atoms with van der Waals surface area (Å²) in [4.78, 5) is 30.4. The number of nitrogens with zero attached hydrogens (tertiary/aromatic N) is 1. The summed E-state index contributed by atoms with van der Waals surface area (Å²) in [5.41, 5.74) is 2.69. The quantitative estimate of drug-likeness (QED) is 0.750. The van der Waals surface area contributed by atoms with Gasteiger partial charge in [0.2, 0.25) is 0 Å². The molecule has 1 atom stereocenters. The lowest BCUT2D eigenvalue weighted by Crippen LogP contribution is -2.46. The smallest absolute Gasteiger partial charge is 0.270 e. The Morgan fingerprint density at radius 2 is 2.00 bits per heavy atom. The van der Waals surface area contributed by atoms with Crippen LogP contribution in [-0.2, 0) is 4.79 Å². The highest BCUT2D eigenvalue weighted by atomic mass is 16.4. The average molecular weight is 296 g/mol. The minimum Gasteiger partial charge on any atom is -0.548 e. The zero-order valence-electron chi connectivity index (χ0n) is 12.1. The lowest BCUT2D eigenvalue weighted by atomic mass is 10.1. The van der Waals surface area contributed by atoms with Crippen molar-refractivity contribution in [3.8, 4) is 0 Å². The number of aryl methyl sites for hydroxylation is 1. The van der Waals surface area contributed by atoms with Crippen LogP contribution in [0.1, 0.15) is 23.1 Å². The summed E-state index contributed by atoms with van der Waals surface area (Å²) in [6, 6.07) is 8.34. The molecule has 2 heterocycles. The fraction of sp³-hybridized carbons (Fsp3) is 0.188. The predicted octanol–water partition coefficient (Wildman–Crippen LogP) is 0.893. The summed E-state index contributed by atoms with van der Waals surface area (Å²) in [5, 5.41) is 15.0. The fourth-order valence-corrected chi connectivity index (χ4v) is 2.45. The van der Waals surface area contributed by atoms with Crippen LogP contribution in [0.4, 0.5) is 0 Å². The zero-order chi connectivity index (χ0) is 15.9. The number of rotatable bonds is 3. The van der Waals surface area contributed by atoms with Gasteiger partial charge in [-0.05, 0) is 26.0 Å². The highest BCUT2D eigenvalue weighted by Crippen LogP contribution is 2.27. The van der Waals surface area contributed by atoms with E-state index in [1.807, 2.05) is 24.3 Å². The number of hydrogen-bond donors (Lipinski definition) is 2. The van der Waals surface area contributed by atoms with Gasteiger partial charge in [-0.1, -0.05) is 18.2 Å². The predicted molar refractivity (Wildman–Crippen MR) is 80.3 cm³/mol. The summed E-state index contributed by atoms with van der Waals surface area (Å²) in [6.45, 7) is 3.15. The van der Waals surface area contributed by atoms with E-state index < -0.39 is 17.9 Å². The Labute approximate surface area is 126 Å². The Balaban J connectivity index is 2.10. The van der Waals surface area contributed by atoms with Crippen LogP contribution in [0.5, 0.6) is 0 Å². The molecule has 3 aromatic rings. The molecule has 112 valence electrons. The van der Waals surface area contributed by atoms with Gasteiger partial charge in [0.25, 0.3) is 5.91 Å². The van der Waals surface area contributed by atoms with E-state index in [-0.39, 0.29) is 5.69 Å². The Morgan fingerprint density at radius 3 is 2.73 bits per heavy atom. The molecule has 0 aliphatic carbocycles. The summed E-state index contributed by atoms with van der Waals surface area (Å²) < 4.78 is 0. The number of benzene rings is 1. The third-order valence-electron chi connectivity index (χ3n) is 3.61. The Kier molecular flexibility index (Phi) is 3.29. The van der Waals surface area contributed by atoms with Crippen molar-refractivity contribution >= 4 is 33.7 Å². The van der Waals surface area contributed by atoms with Gasteiger partial charge in [0.1, 0.15) is 5.69 Å². The standard InChI is InChI=1S/C16H15N3O3/c1-8-14-11(10-5-3-4-6-12(10)19-14)7-13(17-8)15(20)18-9(2)16(21)22/h3-7,9,19H,1-2H3,(H,18,20)(H,21,22)/p-1/t9-/m0/s1. The molecule has 0 aliphatic heterocycles. The van der Waals surface area contributed by atoms with E-state index in [0.29, 0.717) is 5.69 Å². The summed E-state index contributed by atoms with van der Waals surface area (Å²) in [6.07, 6.45) is 0. The first-order valence-corrected chi connectivity index (χ1v) is 6.87. The summed E-state index contributed by atoms with van der Waals surface area (Å²) in [5.74, 6) is -1.87. The zero-order valence-corrected chi connectivity index (χ0v) is 12.1. The van der Waals surface area contributed by atoms with Crippen molar-refractivity contribution in [2.75, 3.05) is 0 Å². The molecule has 0 fully saturated rings. The van der Waals surface area contributed by atoms with E-state index in [4.69, 9.17) is 0 Å². The number of pyridine rings is 1. The first-order valence-electron chi connectivity index (χ1n) is 6.87. The fourth-order valence-electron chi connectivity index (χ4n) is 2.45. The molecule has 1 aromatic carbocycles. The highest BCUT2D eigenvalue weighted by Gasteiger charge is 2.15. The molecular weight excluding hydrogens is 282 g/mol. The normalized spacial score (nSPS) is 12.5. The number of H-pyrrole nitrogens is 1. The molecule has 2 N–H and O–H groups in total. The van der Waals surface area contributed by atoms with E-state index >= 15 is 0 Å². The lowest BCUT2D eigenvalue weighted by Gasteiger charge is -2.14. The number of aromatic nitrogens is 2. The molecule has 0 radical (unpaired) electrons. The largest absolute Gasteiger partial charge is 0.548 e. The van der Waals surface area contributed by atoms with Gasteiger partial charge >= 0.3 is 0 Å². The van der Waals surface area contributed by atoms with Crippen LogP contribution in [-0.4, -0.2) is 27.9 Å². The molecule has 0 unspecified atom stereocenters. The van der Waals surface area contributed by atoms with Crippen molar-refractivity contribution in [2.24, 2.45) is 0 Å². The first-order chi connectivity index (χ1) is 10.5. The van der Waals surface area contributed by atoms with Crippen molar-refractivity contribution in [1.29, 1.82) is 0 Å².